The smallest absolute Gasteiger partial charge is 0.213 e. The first-order valence-corrected chi connectivity index (χ1v) is 9.24. The average Bonchev–Trinajstić information content (AvgIpc) is 2.61. The molecule has 130 valence electrons. The van der Waals surface area contributed by atoms with Crippen molar-refractivity contribution in [2.24, 2.45) is 0 Å². The lowest BCUT2D eigenvalue weighted by Crippen LogP contribution is -2.47. The molecular formula is C23H29N2+. The van der Waals surface area contributed by atoms with E-state index in [2.05, 4.69) is 85.9 Å². The predicted molar refractivity (Wildman–Crippen MR) is 105 cm³/mol. The molecule has 1 aliphatic heterocycles. The number of hydrogen-bond acceptors (Lipinski definition) is 1. The number of allylic oxidation sites excluding steroid dienone is 3. The largest absolute Gasteiger partial charge is 0.363 e. The van der Waals surface area contributed by atoms with Gasteiger partial charge in [-0.25, -0.2) is 0 Å². The quantitative estimate of drug-likeness (QED) is 0.723. The van der Waals surface area contributed by atoms with Gasteiger partial charge in [0, 0.05) is 41.4 Å². The van der Waals surface area contributed by atoms with Crippen LogP contribution in [0.4, 0.5) is 0 Å². The number of nitrogens with one attached hydrogen (secondary N) is 1. The molecule has 0 saturated heterocycles. The molecule has 0 bridgehead atoms. The summed E-state index contributed by atoms with van der Waals surface area (Å²) in [6.07, 6.45) is 6.36. The fourth-order valence-electron chi connectivity index (χ4n) is 3.98. The molecular weight excluding hydrogens is 304 g/mol. The van der Waals surface area contributed by atoms with E-state index in [0.717, 1.165) is 24.2 Å². The highest BCUT2D eigenvalue weighted by atomic mass is 15.0. The van der Waals surface area contributed by atoms with Crippen LogP contribution < -0.4 is 9.88 Å². The van der Waals surface area contributed by atoms with Crippen molar-refractivity contribution in [3.05, 3.63) is 77.8 Å². The monoisotopic (exact) mass is 333 g/mol. The first-order chi connectivity index (χ1) is 12.0. The van der Waals surface area contributed by atoms with Gasteiger partial charge in [-0.1, -0.05) is 37.3 Å². The van der Waals surface area contributed by atoms with Gasteiger partial charge in [0.15, 0.2) is 12.2 Å². The molecule has 2 heterocycles. The molecule has 2 atom stereocenters. The SMILES string of the molecule is C=C(CC1C(CC)c2cc(C)ccc2-c2cccc[n+]21)N/C(C)=C\C. The van der Waals surface area contributed by atoms with E-state index in [4.69, 9.17) is 0 Å². The summed E-state index contributed by atoms with van der Waals surface area (Å²) in [5, 5.41) is 3.44. The Morgan fingerprint density at radius 1 is 1.28 bits per heavy atom. The summed E-state index contributed by atoms with van der Waals surface area (Å²) in [4.78, 5) is 0. The number of fused-ring (bicyclic) bond motifs is 3. The zero-order chi connectivity index (χ0) is 18.0. The summed E-state index contributed by atoms with van der Waals surface area (Å²) in [6, 6.07) is 13.8. The van der Waals surface area contributed by atoms with Crippen molar-refractivity contribution >= 4 is 0 Å². The molecule has 1 N–H and O–H groups in total. The number of pyridine rings is 1. The van der Waals surface area contributed by atoms with Gasteiger partial charge in [-0.3, -0.25) is 0 Å². The number of rotatable bonds is 5. The molecule has 0 saturated carbocycles. The summed E-state index contributed by atoms with van der Waals surface area (Å²) < 4.78 is 2.45. The van der Waals surface area contributed by atoms with Gasteiger partial charge in [-0.05, 0) is 44.9 Å². The van der Waals surface area contributed by atoms with Gasteiger partial charge in [0.25, 0.3) is 0 Å². The molecule has 1 aromatic heterocycles. The molecule has 0 spiro atoms. The van der Waals surface area contributed by atoms with E-state index in [1.807, 2.05) is 6.92 Å². The molecule has 1 aliphatic rings. The Kier molecular flexibility index (Phi) is 5.08. The highest BCUT2D eigenvalue weighted by Crippen LogP contribution is 2.42. The van der Waals surface area contributed by atoms with Crippen molar-refractivity contribution in [3.8, 4) is 11.3 Å². The minimum absolute atomic E-state index is 0.389. The van der Waals surface area contributed by atoms with Crippen LogP contribution in [0.2, 0.25) is 0 Å². The summed E-state index contributed by atoms with van der Waals surface area (Å²) in [5.74, 6) is 0.499. The van der Waals surface area contributed by atoms with Crippen molar-refractivity contribution in [1.29, 1.82) is 0 Å². The fraction of sp³-hybridized carbons (Fsp3) is 0.348. The van der Waals surface area contributed by atoms with Gasteiger partial charge >= 0.3 is 0 Å². The molecule has 2 heteroatoms. The Bertz CT molecular complexity index is 817. The number of aryl methyl sites for hydroxylation is 1. The Balaban J connectivity index is 2.04. The first-order valence-electron chi connectivity index (χ1n) is 9.24. The van der Waals surface area contributed by atoms with Crippen LogP contribution in [-0.4, -0.2) is 0 Å². The number of benzene rings is 1. The van der Waals surface area contributed by atoms with Crippen LogP contribution in [0.3, 0.4) is 0 Å². The Hall–Kier alpha value is -2.35. The van der Waals surface area contributed by atoms with Crippen LogP contribution in [0.5, 0.6) is 0 Å². The van der Waals surface area contributed by atoms with Crippen molar-refractivity contribution in [2.75, 3.05) is 0 Å². The molecule has 3 rings (SSSR count). The zero-order valence-electron chi connectivity index (χ0n) is 15.8. The lowest BCUT2D eigenvalue weighted by molar-refractivity contribution is -0.718. The van der Waals surface area contributed by atoms with Crippen LogP contribution in [-0.2, 0) is 0 Å². The average molecular weight is 333 g/mol. The molecule has 0 aliphatic carbocycles. The van der Waals surface area contributed by atoms with Crippen molar-refractivity contribution in [3.63, 3.8) is 0 Å². The molecule has 1 aromatic carbocycles. The second-order valence-corrected chi connectivity index (χ2v) is 7.07. The molecule has 0 amide bonds. The lowest BCUT2D eigenvalue weighted by atomic mass is 9.79. The van der Waals surface area contributed by atoms with E-state index in [1.54, 1.807) is 0 Å². The lowest BCUT2D eigenvalue weighted by Gasteiger charge is -2.31. The summed E-state index contributed by atoms with van der Waals surface area (Å²) >= 11 is 0. The van der Waals surface area contributed by atoms with Gasteiger partial charge in [0.1, 0.15) is 0 Å². The van der Waals surface area contributed by atoms with Crippen molar-refractivity contribution in [2.45, 2.75) is 52.5 Å². The standard InChI is InChI=1S/C23H29N2/c1-6-17(4)24-18(5)15-23-19(7-2)21-14-16(3)11-12-20(21)22-10-8-9-13-25(22)23/h6,8-14,19,23-24H,5,7,15H2,1-4H3/q+1/b17-6-. The Morgan fingerprint density at radius 2 is 2.08 bits per heavy atom. The van der Waals surface area contributed by atoms with Crippen LogP contribution in [0.1, 0.15) is 56.7 Å². The van der Waals surface area contributed by atoms with Gasteiger partial charge in [-0.2, -0.15) is 4.57 Å². The Labute approximate surface area is 151 Å². The van der Waals surface area contributed by atoms with Gasteiger partial charge in [0.05, 0.1) is 0 Å². The highest BCUT2D eigenvalue weighted by Gasteiger charge is 2.39. The summed E-state index contributed by atoms with van der Waals surface area (Å²) in [5.41, 5.74) is 7.73. The molecule has 0 radical (unpaired) electrons. The second-order valence-electron chi connectivity index (χ2n) is 7.07. The fourth-order valence-corrected chi connectivity index (χ4v) is 3.98. The van der Waals surface area contributed by atoms with E-state index in [9.17, 15) is 0 Å². The first kappa shape index (κ1) is 17.5. The number of nitrogens with zero attached hydrogens (tertiary/aromatic N) is 1. The molecule has 2 unspecified atom stereocenters. The topological polar surface area (TPSA) is 15.9 Å². The van der Waals surface area contributed by atoms with Crippen molar-refractivity contribution < 1.29 is 4.57 Å². The van der Waals surface area contributed by atoms with E-state index in [0.29, 0.717) is 12.0 Å². The van der Waals surface area contributed by atoms with E-state index in [-0.39, 0.29) is 0 Å². The normalized spacial score (nSPS) is 19.1. The predicted octanol–water partition coefficient (Wildman–Crippen LogP) is 5.41. The van der Waals surface area contributed by atoms with Crippen LogP contribution in [0.15, 0.2) is 66.6 Å². The van der Waals surface area contributed by atoms with Gasteiger partial charge in [-0.15, -0.1) is 0 Å². The molecule has 25 heavy (non-hydrogen) atoms. The minimum Gasteiger partial charge on any atom is -0.363 e. The maximum absolute atomic E-state index is 4.29. The van der Waals surface area contributed by atoms with Gasteiger partial charge < -0.3 is 5.32 Å². The third-order valence-electron chi connectivity index (χ3n) is 5.30. The third-order valence-corrected chi connectivity index (χ3v) is 5.30. The summed E-state index contributed by atoms with van der Waals surface area (Å²) in [7, 11) is 0. The number of hydrogen-bond donors (Lipinski definition) is 1. The molecule has 2 aromatic rings. The maximum Gasteiger partial charge on any atom is 0.213 e. The molecule has 0 fully saturated rings. The molecule has 2 nitrogen and oxygen atoms in total. The van der Waals surface area contributed by atoms with E-state index in [1.165, 1.54) is 22.4 Å². The highest BCUT2D eigenvalue weighted by molar-refractivity contribution is 5.64. The second kappa shape index (κ2) is 7.26. The van der Waals surface area contributed by atoms with E-state index >= 15 is 0 Å². The minimum atomic E-state index is 0.389. The van der Waals surface area contributed by atoms with Crippen LogP contribution in [0.25, 0.3) is 11.3 Å². The third kappa shape index (κ3) is 3.39. The van der Waals surface area contributed by atoms with Crippen LogP contribution >= 0.6 is 0 Å². The number of aromatic nitrogens is 1. The van der Waals surface area contributed by atoms with Crippen molar-refractivity contribution in [1.82, 2.24) is 5.32 Å². The Morgan fingerprint density at radius 3 is 2.80 bits per heavy atom. The van der Waals surface area contributed by atoms with Crippen LogP contribution in [0, 0.1) is 6.92 Å². The van der Waals surface area contributed by atoms with E-state index < -0.39 is 0 Å². The maximum atomic E-state index is 4.29. The zero-order valence-corrected chi connectivity index (χ0v) is 15.8. The van der Waals surface area contributed by atoms with Gasteiger partial charge in [0.2, 0.25) is 5.69 Å². The summed E-state index contributed by atoms with van der Waals surface area (Å²) in [6.45, 7) is 12.9.